The number of hydrogen-bond acceptors (Lipinski definition) is 3. The van der Waals surface area contributed by atoms with Crippen LogP contribution in [0.1, 0.15) is 38.8 Å². The molecule has 0 saturated heterocycles. The number of hydrogen-bond donors (Lipinski definition) is 1. The number of benzene rings is 1. The Morgan fingerprint density at radius 3 is 2.50 bits per heavy atom. The number of carbonyl (C=O) groups excluding carboxylic acids is 1. The van der Waals surface area contributed by atoms with E-state index in [4.69, 9.17) is 4.74 Å². The van der Waals surface area contributed by atoms with Gasteiger partial charge in [-0.2, -0.15) is 0 Å². The standard InChI is InChI=1S/C15H23NO2/c1-4-14(13-9-7-6-8-10-13)16-11-12(3)15(17)18-5-2/h6-10,12,14,16H,4-5,11H2,1-3H3. The SMILES string of the molecule is CCOC(=O)C(C)CNC(CC)c1ccccc1. The average Bonchev–Trinajstić information content (AvgIpc) is 2.40. The first-order valence-electron chi connectivity index (χ1n) is 6.64. The molecule has 1 rings (SSSR count). The molecule has 0 aromatic heterocycles. The second kappa shape index (κ2) is 7.88. The van der Waals surface area contributed by atoms with Gasteiger partial charge in [0.15, 0.2) is 0 Å². The first-order chi connectivity index (χ1) is 8.69. The quantitative estimate of drug-likeness (QED) is 0.755. The average molecular weight is 249 g/mol. The van der Waals surface area contributed by atoms with Gasteiger partial charge in [-0.15, -0.1) is 0 Å². The Hall–Kier alpha value is -1.35. The molecule has 3 nitrogen and oxygen atoms in total. The molecule has 3 heteroatoms. The molecule has 1 N–H and O–H groups in total. The van der Waals surface area contributed by atoms with Gasteiger partial charge in [0.2, 0.25) is 0 Å². The number of nitrogens with one attached hydrogen (secondary N) is 1. The van der Waals surface area contributed by atoms with E-state index in [1.165, 1.54) is 5.56 Å². The maximum Gasteiger partial charge on any atom is 0.309 e. The summed E-state index contributed by atoms with van der Waals surface area (Å²) in [6, 6.07) is 10.6. The van der Waals surface area contributed by atoms with Crippen LogP contribution in [0.15, 0.2) is 30.3 Å². The molecule has 2 unspecified atom stereocenters. The van der Waals surface area contributed by atoms with Crippen LogP contribution in [0.4, 0.5) is 0 Å². The van der Waals surface area contributed by atoms with Gasteiger partial charge in [0.05, 0.1) is 12.5 Å². The van der Waals surface area contributed by atoms with Crippen molar-refractivity contribution < 1.29 is 9.53 Å². The molecular weight excluding hydrogens is 226 g/mol. The lowest BCUT2D eigenvalue weighted by Crippen LogP contribution is -2.30. The Kier molecular flexibility index (Phi) is 6.44. The van der Waals surface area contributed by atoms with Crippen molar-refractivity contribution in [2.45, 2.75) is 33.2 Å². The highest BCUT2D eigenvalue weighted by Crippen LogP contribution is 2.16. The summed E-state index contributed by atoms with van der Waals surface area (Å²) in [6.45, 7) is 6.95. The summed E-state index contributed by atoms with van der Waals surface area (Å²) in [7, 11) is 0. The van der Waals surface area contributed by atoms with Crippen molar-refractivity contribution in [3.63, 3.8) is 0 Å². The van der Waals surface area contributed by atoms with Crippen LogP contribution < -0.4 is 5.32 Å². The lowest BCUT2D eigenvalue weighted by Gasteiger charge is -2.19. The topological polar surface area (TPSA) is 38.3 Å². The normalized spacial score (nSPS) is 13.9. The molecule has 1 aromatic rings. The van der Waals surface area contributed by atoms with Gasteiger partial charge in [0, 0.05) is 12.6 Å². The zero-order chi connectivity index (χ0) is 13.4. The fourth-order valence-electron chi connectivity index (χ4n) is 1.87. The Balaban J connectivity index is 2.48. The molecule has 0 saturated carbocycles. The van der Waals surface area contributed by atoms with Crippen molar-refractivity contribution in [2.24, 2.45) is 5.92 Å². The summed E-state index contributed by atoms with van der Waals surface area (Å²) >= 11 is 0. The molecule has 0 aliphatic carbocycles. The van der Waals surface area contributed by atoms with E-state index in [1.54, 1.807) is 0 Å². The third-order valence-corrected chi connectivity index (χ3v) is 2.97. The zero-order valence-electron chi connectivity index (χ0n) is 11.5. The zero-order valence-corrected chi connectivity index (χ0v) is 11.5. The van der Waals surface area contributed by atoms with Crippen molar-refractivity contribution in [3.05, 3.63) is 35.9 Å². The third kappa shape index (κ3) is 4.49. The molecule has 0 fully saturated rings. The van der Waals surface area contributed by atoms with Gasteiger partial charge < -0.3 is 10.1 Å². The number of ether oxygens (including phenoxy) is 1. The minimum atomic E-state index is -0.132. The molecule has 100 valence electrons. The van der Waals surface area contributed by atoms with Crippen LogP contribution in [0.3, 0.4) is 0 Å². The first-order valence-corrected chi connectivity index (χ1v) is 6.64. The molecule has 0 spiro atoms. The van der Waals surface area contributed by atoms with Crippen LogP contribution in [-0.2, 0) is 9.53 Å². The van der Waals surface area contributed by atoms with Crippen LogP contribution in [0.5, 0.6) is 0 Å². The minimum Gasteiger partial charge on any atom is -0.466 e. The van der Waals surface area contributed by atoms with Crippen molar-refractivity contribution in [1.82, 2.24) is 5.32 Å². The molecule has 1 aromatic carbocycles. The predicted molar refractivity (Wildman–Crippen MR) is 73.3 cm³/mol. The lowest BCUT2D eigenvalue weighted by molar-refractivity contribution is -0.147. The first kappa shape index (κ1) is 14.7. The van der Waals surface area contributed by atoms with E-state index in [2.05, 4.69) is 24.4 Å². The smallest absolute Gasteiger partial charge is 0.309 e. The van der Waals surface area contributed by atoms with E-state index >= 15 is 0 Å². The highest BCUT2D eigenvalue weighted by Gasteiger charge is 2.16. The van der Waals surface area contributed by atoms with E-state index in [0.717, 1.165) is 6.42 Å². The highest BCUT2D eigenvalue weighted by molar-refractivity contribution is 5.72. The second-order valence-electron chi connectivity index (χ2n) is 4.43. The number of carbonyl (C=O) groups is 1. The summed E-state index contributed by atoms with van der Waals surface area (Å²) in [5, 5.41) is 3.42. The van der Waals surface area contributed by atoms with Crippen molar-refractivity contribution in [1.29, 1.82) is 0 Å². The molecule has 0 radical (unpaired) electrons. The molecule has 0 amide bonds. The second-order valence-corrected chi connectivity index (χ2v) is 4.43. The Labute approximate surface area is 110 Å². The molecule has 0 bridgehead atoms. The van der Waals surface area contributed by atoms with Gasteiger partial charge in [-0.3, -0.25) is 4.79 Å². The van der Waals surface area contributed by atoms with E-state index in [1.807, 2.05) is 32.0 Å². The highest BCUT2D eigenvalue weighted by atomic mass is 16.5. The van der Waals surface area contributed by atoms with E-state index in [9.17, 15) is 4.79 Å². The summed E-state index contributed by atoms with van der Waals surface area (Å²) in [4.78, 5) is 11.5. The molecule has 0 aliphatic heterocycles. The van der Waals surface area contributed by atoms with Crippen LogP contribution in [0.2, 0.25) is 0 Å². The summed E-state index contributed by atoms with van der Waals surface area (Å²) in [6.07, 6.45) is 1.000. The summed E-state index contributed by atoms with van der Waals surface area (Å²) < 4.78 is 5.00. The monoisotopic (exact) mass is 249 g/mol. The maximum atomic E-state index is 11.5. The van der Waals surface area contributed by atoms with Crippen LogP contribution in [0.25, 0.3) is 0 Å². The third-order valence-electron chi connectivity index (χ3n) is 2.97. The van der Waals surface area contributed by atoms with Gasteiger partial charge >= 0.3 is 5.97 Å². The molecule has 2 atom stereocenters. The van der Waals surface area contributed by atoms with Crippen LogP contribution in [0, 0.1) is 5.92 Å². The number of rotatable bonds is 7. The van der Waals surface area contributed by atoms with Crippen molar-refractivity contribution in [2.75, 3.05) is 13.2 Å². The summed E-state index contributed by atoms with van der Waals surface area (Å²) in [5.74, 6) is -0.240. The Morgan fingerprint density at radius 2 is 1.94 bits per heavy atom. The van der Waals surface area contributed by atoms with Crippen molar-refractivity contribution in [3.8, 4) is 0 Å². The van der Waals surface area contributed by atoms with Crippen molar-refractivity contribution >= 4 is 5.97 Å². The molecular formula is C15H23NO2. The molecule has 0 aliphatic rings. The van der Waals surface area contributed by atoms with Gasteiger partial charge in [0.1, 0.15) is 0 Å². The Bertz CT molecular complexity index is 351. The van der Waals surface area contributed by atoms with Crippen LogP contribution >= 0.6 is 0 Å². The van der Waals surface area contributed by atoms with E-state index < -0.39 is 0 Å². The van der Waals surface area contributed by atoms with Gasteiger partial charge in [-0.05, 0) is 18.9 Å². The lowest BCUT2D eigenvalue weighted by atomic mass is 10.0. The van der Waals surface area contributed by atoms with Crippen LogP contribution in [-0.4, -0.2) is 19.1 Å². The fourth-order valence-corrected chi connectivity index (χ4v) is 1.87. The molecule has 0 heterocycles. The Morgan fingerprint density at radius 1 is 1.28 bits per heavy atom. The maximum absolute atomic E-state index is 11.5. The van der Waals surface area contributed by atoms with E-state index in [0.29, 0.717) is 19.2 Å². The largest absolute Gasteiger partial charge is 0.466 e. The minimum absolute atomic E-state index is 0.109. The van der Waals surface area contributed by atoms with Gasteiger partial charge in [-0.1, -0.05) is 44.2 Å². The van der Waals surface area contributed by atoms with Gasteiger partial charge in [0.25, 0.3) is 0 Å². The fraction of sp³-hybridized carbons (Fsp3) is 0.533. The van der Waals surface area contributed by atoms with E-state index in [-0.39, 0.29) is 11.9 Å². The summed E-state index contributed by atoms with van der Waals surface area (Å²) in [5.41, 5.74) is 1.26. The predicted octanol–water partition coefficient (Wildman–Crippen LogP) is 2.93. The molecule has 18 heavy (non-hydrogen) atoms. The number of esters is 1. The van der Waals surface area contributed by atoms with Gasteiger partial charge in [-0.25, -0.2) is 0 Å².